The van der Waals surface area contributed by atoms with Crippen LogP contribution in [0.4, 0.5) is 17.1 Å². The van der Waals surface area contributed by atoms with E-state index in [9.17, 15) is 18.5 Å². The first-order valence-electron chi connectivity index (χ1n) is 13.9. The van der Waals surface area contributed by atoms with Crippen LogP contribution in [0.1, 0.15) is 39.9 Å². The van der Waals surface area contributed by atoms with Gasteiger partial charge in [-0.25, -0.2) is 13.6 Å². The molecule has 0 atom stereocenters. The summed E-state index contributed by atoms with van der Waals surface area (Å²) in [7, 11) is -3.85. The fourth-order valence-electron chi connectivity index (χ4n) is 5.85. The molecule has 0 unspecified atom stereocenters. The van der Waals surface area contributed by atoms with E-state index in [1.807, 2.05) is 47.1 Å². The predicted molar refractivity (Wildman–Crippen MR) is 162 cm³/mol. The summed E-state index contributed by atoms with van der Waals surface area (Å²) in [5.74, 6) is -0.0205. The molecule has 0 bridgehead atoms. The molecule has 1 amide bonds. The number of anilines is 3. The van der Waals surface area contributed by atoms with Gasteiger partial charge in [0.2, 0.25) is 10.0 Å². The van der Waals surface area contributed by atoms with Crippen LogP contribution in [0.2, 0.25) is 0 Å². The number of amides is 1. The maximum absolute atomic E-state index is 13.6. The second-order valence-electron chi connectivity index (χ2n) is 10.8. The van der Waals surface area contributed by atoms with Gasteiger partial charge < -0.3 is 20.0 Å². The highest BCUT2D eigenvalue weighted by molar-refractivity contribution is 7.89. The van der Waals surface area contributed by atoms with Gasteiger partial charge in [-0.15, -0.1) is 0 Å². The molecule has 214 valence electrons. The van der Waals surface area contributed by atoms with Crippen LogP contribution in [0.15, 0.2) is 65.6 Å². The molecule has 0 aliphatic carbocycles. The van der Waals surface area contributed by atoms with Gasteiger partial charge in [0.15, 0.2) is 0 Å². The van der Waals surface area contributed by atoms with E-state index in [0.29, 0.717) is 43.0 Å². The molecule has 9 nitrogen and oxygen atoms in total. The van der Waals surface area contributed by atoms with Crippen molar-refractivity contribution in [2.75, 3.05) is 54.4 Å². The fourth-order valence-corrected chi connectivity index (χ4v) is 6.60. The number of sulfonamides is 1. The molecule has 41 heavy (non-hydrogen) atoms. The molecule has 10 heteroatoms. The van der Waals surface area contributed by atoms with Gasteiger partial charge in [0, 0.05) is 56.6 Å². The van der Waals surface area contributed by atoms with E-state index in [-0.39, 0.29) is 16.8 Å². The number of para-hydroxylation sites is 2. The first-order chi connectivity index (χ1) is 19.7. The van der Waals surface area contributed by atoms with Crippen LogP contribution in [0.3, 0.4) is 0 Å². The first kappa shape index (κ1) is 28.5. The van der Waals surface area contributed by atoms with Gasteiger partial charge >= 0.3 is 0 Å². The molecule has 2 saturated heterocycles. The van der Waals surface area contributed by atoms with Crippen molar-refractivity contribution in [1.29, 1.82) is 5.26 Å². The maximum Gasteiger partial charge on any atom is 0.254 e. The Balaban J connectivity index is 1.24. The second kappa shape index (κ2) is 11.8. The van der Waals surface area contributed by atoms with Crippen molar-refractivity contribution in [1.82, 2.24) is 4.90 Å². The zero-order chi connectivity index (χ0) is 29.1. The van der Waals surface area contributed by atoms with Crippen LogP contribution >= 0.6 is 0 Å². The van der Waals surface area contributed by atoms with Crippen molar-refractivity contribution in [3.8, 4) is 6.07 Å². The Hall–Kier alpha value is -4.07. The number of nitriles is 1. The van der Waals surface area contributed by atoms with Gasteiger partial charge in [0.1, 0.15) is 11.0 Å². The van der Waals surface area contributed by atoms with Crippen molar-refractivity contribution < 1.29 is 13.2 Å². The van der Waals surface area contributed by atoms with Crippen LogP contribution in [-0.2, 0) is 10.0 Å². The van der Waals surface area contributed by atoms with Crippen LogP contribution in [0.25, 0.3) is 0 Å². The lowest BCUT2D eigenvalue weighted by Gasteiger charge is -2.37. The Morgan fingerprint density at radius 1 is 0.878 bits per heavy atom. The van der Waals surface area contributed by atoms with Gasteiger partial charge in [0.25, 0.3) is 5.91 Å². The molecule has 5 rings (SSSR count). The fraction of sp³-hybridized carbons (Fsp3) is 0.355. The summed E-state index contributed by atoms with van der Waals surface area (Å²) in [6.45, 7) is 7.73. The SMILES string of the molecule is Cc1cc(C)c(C(=O)N2CCN(c3ccccc3S(N)(=O)=O)CC2)cc1NC1CCN(c2ccccc2C#N)CC1. The third kappa shape index (κ3) is 6.16. The Morgan fingerprint density at radius 3 is 2.15 bits per heavy atom. The Morgan fingerprint density at radius 2 is 1.49 bits per heavy atom. The van der Waals surface area contributed by atoms with Crippen molar-refractivity contribution in [2.24, 2.45) is 5.14 Å². The highest BCUT2D eigenvalue weighted by atomic mass is 32.2. The quantitative estimate of drug-likeness (QED) is 0.460. The van der Waals surface area contributed by atoms with Gasteiger partial charge in [-0.2, -0.15) is 5.26 Å². The number of nitrogens with one attached hydrogen (secondary N) is 1. The van der Waals surface area contributed by atoms with E-state index in [0.717, 1.165) is 48.4 Å². The third-order valence-electron chi connectivity index (χ3n) is 8.10. The summed E-state index contributed by atoms with van der Waals surface area (Å²) < 4.78 is 24.1. The molecular weight excluding hydrogens is 536 g/mol. The lowest BCUT2D eigenvalue weighted by molar-refractivity contribution is 0.0746. The van der Waals surface area contributed by atoms with Crippen LogP contribution in [0, 0.1) is 25.2 Å². The average molecular weight is 573 g/mol. The molecule has 0 aromatic heterocycles. The maximum atomic E-state index is 13.6. The standard InChI is InChI=1S/C31H36N6O3S/c1-22-19-23(2)27(34-25-11-13-35(14-12-25)28-8-4-3-7-24(28)21-32)20-26(22)31(38)37-17-15-36(16-18-37)29-9-5-6-10-30(29)41(33,39)40/h3-10,19-20,25,34H,11-18H2,1-2H3,(H2,33,39,40). The van der Waals surface area contributed by atoms with E-state index in [2.05, 4.69) is 29.3 Å². The molecule has 0 radical (unpaired) electrons. The number of aryl methyl sites for hydroxylation is 2. The second-order valence-corrected chi connectivity index (χ2v) is 12.3. The number of piperidine rings is 1. The molecule has 0 spiro atoms. The predicted octanol–water partition coefficient (Wildman–Crippen LogP) is 3.87. The average Bonchev–Trinajstić information content (AvgIpc) is 2.98. The van der Waals surface area contributed by atoms with Gasteiger partial charge in [-0.1, -0.05) is 30.3 Å². The molecule has 2 aliphatic heterocycles. The summed E-state index contributed by atoms with van der Waals surface area (Å²) in [5, 5.41) is 18.6. The molecular formula is C31H36N6O3S. The number of nitrogens with two attached hydrogens (primary N) is 1. The first-order valence-corrected chi connectivity index (χ1v) is 15.5. The van der Waals surface area contributed by atoms with E-state index in [1.165, 1.54) is 6.07 Å². The molecule has 3 aromatic carbocycles. The number of hydrogen-bond acceptors (Lipinski definition) is 7. The number of rotatable bonds is 6. The zero-order valence-electron chi connectivity index (χ0n) is 23.5. The molecule has 2 fully saturated rings. The Bertz CT molecular complexity index is 1580. The van der Waals surface area contributed by atoms with E-state index in [1.54, 1.807) is 18.2 Å². The normalized spacial score (nSPS) is 16.4. The van der Waals surface area contributed by atoms with Gasteiger partial charge in [-0.3, -0.25) is 4.79 Å². The molecule has 3 N–H and O–H groups in total. The Labute approximate surface area is 242 Å². The lowest BCUT2D eigenvalue weighted by atomic mass is 9.99. The van der Waals surface area contributed by atoms with E-state index < -0.39 is 10.0 Å². The van der Waals surface area contributed by atoms with Crippen molar-refractivity contribution in [3.63, 3.8) is 0 Å². The van der Waals surface area contributed by atoms with Crippen molar-refractivity contribution in [2.45, 2.75) is 37.6 Å². The lowest BCUT2D eigenvalue weighted by Crippen LogP contribution is -2.49. The minimum atomic E-state index is -3.85. The number of carbonyl (C=O) groups is 1. The summed E-state index contributed by atoms with van der Waals surface area (Å²) >= 11 is 0. The van der Waals surface area contributed by atoms with E-state index >= 15 is 0 Å². The molecule has 2 aliphatic rings. The minimum absolute atomic E-state index is 0.0205. The number of carbonyl (C=O) groups excluding carboxylic acids is 1. The van der Waals surface area contributed by atoms with Crippen LogP contribution < -0.4 is 20.3 Å². The highest BCUT2D eigenvalue weighted by Gasteiger charge is 2.27. The molecule has 0 saturated carbocycles. The van der Waals surface area contributed by atoms with Gasteiger partial charge in [0.05, 0.1) is 16.9 Å². The largest absolute Gasteiger partial charge is 0.382 e. The summed E-state index contributed by atoms with van der Waals surface area (Å²) in [5.41, 5.74) is 5.94. The topological polar surface area (TPSA) is 123 Å². The van der Waals surface area contributed by atoms with Crippen molar-refractivity contribution in [3.05, 3.63) is 82.9 Å². The number of hydrogen-bond donors (Lipinski definition) is 2. The summed E-state index contributed by atoms with van der Waals surface area (Å²) in [4.78, 5) is 19.8. The third-order valence-corrected chi connectivity index (χ3v) is 9.06. The highest BCUT2D eigenvalue weighted by Crippen LogP contribution is 2.29. The van der Waals surface area contributed by atoms with E-state index in [4.69, 9.17) is 5.14 Å². The summed E-state index contributed by atoms with van der Waals surface area (Å²) in [6, 6.07) is 21.1. The minimum Gasteiger partial charge on any atom is -0.382 e. The smallest absolute Gasteiger partial charge is 0.254 e. The number of benzene rings is 3. The molecule has 2 heterocycles. The Kier molecular flexibility index (Phi) is 8.20. The number of primary sulfonamides is 1. The molecule has 3 aromatic rings. The van der Waals surface area contributed by atoms with Crippen LogP contribution in [-0.4, -0.2) is 64.5 Å². The monoisotopic (exact) mass is 572 g/mol. The van der Waals surface area contributed by atoms with Crippen LogP contribution in [0.5, 0.6) is 0 Å². The number of piperazine rings is 1. The van der Waals surface area contributed by atoms with Crippen molar-refractivity contribution >= 4 is 33.0 Å². The number of nitrogens with zero attached hydrogens (tertiary/aromatic N) is 4. The zero-order valence-corrected chi connectivity index (χ0v) is 24.3. The summed E-state index contributed by atoms with van der Waals surface area (Å²) in [6.07, 6.45) is 1.86. The van der Waals surface area contributed by atoms with Gasteiger partial charge in [-0.05, 0) is 68.1 Å².